The second-order valence-corrected chi connectivity index (χ2v) is 21.6. The first-order chi connectivity index (χ1) is 37.2. The van der Waals surface area contributed by atoms with Gasteiger partial charge in [-0.15, -0.1) is 0 Å². The minimum atomic E-state index is -4.78. The van der Waals surface area contributed by atoms with Crippen molar-refractivity contribution in [3.05, 3.63) is 85.1 Å². The second-order valence-electron chi connectivity index (χ2n) is 20.1. The monoisotopic (exact) mass is 1090 g/mol. The van der Waals surface area contributed by atoms with E-state index in [0.29, 0.717) is 19.3 Å². The van der Waals surface area contributed by atoms with Crippen LogP contribution in [0, 0.1) is 0 Å². The third kappa shape index (κ3) is 55.4. The summed E-state index contributed by atoms with van der Waals surface area (Å²) in [5.41, 5.74) is 0. The molecule has 0 aromatic rings. The number of ether oxygens (including phenoxy) is 3. The predicted octanol–water partition coefficient (Wildman–Crippen LogP) is 18.3. The van der Waals surface area contributed by atoms with Gasteiger partial charge in [0.05, 0.1) is 26.2 Å². The van der Waals surface area contributed by atoms with E-state index in [1.54, 1.807) is 6.08 Å². The van der Waals surface area contributed by atoms with E-state index in [4.69, 9.17) is 23.3 Å². The van der Waals surface area contributed by atoms with Crippen molar-refractivity contribution in [3.8, 4) is 0 Å². The molecule has 0 aliphatic rings. The van der Waals surface area contributed by atoms with Crippen LogP contribution in [0.2, 0.25) is 0 Å². The zero-order valence-corrected chi connectivity index (χ0v) is 49.3. The van der Waals surface area contributed by atoms with Gasteiger partial charge in [-0.25, -0.2) is 4.57 Å². The SMILES string of the molecule is CC/C=C\C/C=C\C/C=C\C/C=C\C/C=C\CC(=O)OC(CO)COP(=O)(O)OCC(COC(=O)CCCCCCCCC/C=C\CCCCCCCC)OC(=O)CCCCCCCCC/C=C\CCCCCCCC. The molecule has 0 rings (SSSR count). The molecule has 0 aliphatic carbocycles. The average Bonchev–Trinajstić information content (AvgIpc) is 3.41. The molecule has 0 radical (unpaired) electrons. The highest BCUT2D eigenvalue weighted by Crippen LogP contribution is 2.43. The van der Waals surface area contributed by atoms with Crippen molar-refractivity contribution in [2.45, 2.75) is 277 Å². The summed E-state index contributed by atoms with van der Waals surface area (Å²) >= 11 is 0. The Bertz CT molecular complexity index is 1600. The Kier molecular flexibility index (Phi) is 55.3. The van der Waals surface area contributed by atoms with Gasteiger partial charge in [0.15, 0.2) is 6.10 Å². The lowest BCUT2D eigenvalue weighted by atomic mass is 10.1. The zero-order valence-electron chi connectivity index (χ0n) is 48.5. The lowest BCUT2D eigenvalue weighted by Crippen LogP contribution is -2.30. The van der Waals surface area contributed by atoms with Gasteiger partial charge < -0.3 is 24.2 Å². The van der Waals surface area contributed by atoms with E-state index in [1.165, 1.54) is 122 Å². The topological polar surface area (TPSA) is 155 Å². The predicted molar refractivity (Wildman–Crippen MR) is 316 cm³/mol. The molecule has 11 nitrogen and oxygen atoms in total. The average molecular weight is 1090 g/mol. The molecule has 0 bridgehead atoms. The molecule has 0 heterocycles. The molecular weight excluding hydrogens is 976 g/mol. The molecule has 76 heavy (non-hydrogen) atoms. The number of hydrogen-bond acceptors (Lipinski definition) is 10. The van der Waals surface area contributed by atoms with E-state index in [1.807, 2.05) is 18.2 Å². The van der Waals surface area contributed by atoms with E-state index in [9.17, 15) is 28.9 Å². The number of carbonyl (C=O) groups excluding carboxylic acids is 3. The Hall–Kier alpha value is -3.34. The molecule has 0 aromatic heterocycles. The van der Waals surface area contributed by atoms with E-state index in [2.05, 4.69) is 81.5 Å². The van der Waals surface area contributed by atoms with Crippen LogP contribution in [-0.4, -0.2) is 66.5 Å². The third-order valence-corrected chi connectivity index (χ3v) is 13.8. The minimum Gasteiger partial charge on any atom is -0.462 e. The number of phosphoric acid groups is 1. The molecule has 0 amide bonds. The summed E-state index contributed by atoms with van der Waals surface area (Å²) in [6, 6.07) is 0. The van der Waals surface area contributed by atoms with Crippen LogP contribution in [0.1, 0.15) is 265 Å². The standard InChI is InChI=1S/C64H111O11P/c1-4-7-10-13-16-19-22-25-28-30-33-35-38-41-44-47-50-53-62(66)71-57-61(75-64(68)55-52-49-46-43-40-37-34-31-29-26-23-20-17-14-11-8-5-2)59-73-76(69,70)72-58-60(56-65)74-63(67)54-51-48-45-42-39-36-32-27-24-21-18-15-12-9-6-3/h9,12,18,21,25-29,32,39,42,48,51,60-61,65H,4-8,10-11,13-17,19-20,22-24,30-31,33-38,40-41,43-47,49-50,52-59H2,1-3H3,(H,69,70)/b12-9-,21-18-,28-25-,29-26-,32-27-,42-39-,51-48-. The van der Waals surface area contributed by atoms with Crippen LogP contribution in [-0.2, 0) is 42.2 Å². The molecule has 0 fully saturated rings. The summed E-state index contributed by atoms with van der Waals surface area (Å²) < 4.78 is 39.5. The molecular formula is C64H111O11P. The fourth-order valence-corrected chi connectivity index (χ4v) is 8.97. The summed E-state index contributed by atoms with van der Waals surface area (Å²) in [7, 11) is -4.78. The summed E-state index contributed by atoms with van der Waals surface area (Å²) in [6.07, 6.45) is 67.1. The van der Waals surface area contributed by atoms with Crippen LogP contribution in [0.25, 0.3) is 0 Å². The number of phosphoric ester groups is 1. The van der Waals surface area contributed by atoms with E-state index >= 15 is 0 Å². The maximum atomic E-state index is 12.9. The number of carbonyl (C=O) groups is 3. The zero-order chi connectivity index (χ0) is 55.5. The molecule has 0 spiro atoms. The molecule has 3 unspecified atom stereocenters. The van der Waals surface area contributed by atoms with Crippen molar-refractivity contribution < 1.29 is 52.2 Å². The Morgan fingerprint density at radius 2 is 0.737 bits per heavy atom. The van der Waals surface area contributed by atoms with E-state index < -0.39 is 57.8 Å². The first-order valence-corrected chi connectivity index (χ1v) is 32.0. The van der Waals surface area contributed by atoms with Crippen LogP contribution < -0.4 is 0 Å². The minimum absolute atomic E-state index is 0.0573. The van der Waals surface area contributed by atoms with Crippen molar-refractivity contribution >= 4 is 25.7 Å². The van der Waals surface area contributed by atoms with Crippen molar-refractivity contribution in [1.82, 2.24) is 0 Å². The highest BCUT2D eigenvalue weighted by atomic mass is 31.2. The summed E-state index contributed by atoms with van der Waals surface area (Å²) in [5, 5.41) is 9.80. The highest BCUT2D eigenvalue weighted by molar-refractivity contribution is 7.47. The molecule has 0 aromatic carbocycles. The Morgan fingerprint density at radius 1 is 0.395 bits per heavy atom. The summed E-state index contributed by atoms with van der Waals surface area (Å²) in [4.78, 5) is 48.6. The second kappa shape index (κ2) is 57.8. The molecule has 12 heteroatoms. The molecule has 3 atom stereocenters. The fourth-order valence-electron chi connectivity index (χ4n) is 8.19. The van der Waals surface area contributed by atoms with Crippen molar-refractivity contribution in [2.24, 2.45) is 0 Å². The van der Waals surface area contributed by atoms with Crippen molar-refractivity contribution in [2.75, 3.05) is 26.4 Å². The number of aliphatic hydroxyl groups is 1. The normalized spacial score (nSPS) is 13.9. The van der Waals surface area contributed by atoms with Gasteiger partial charge in [0.2, 0.25) is 0 Å². The molecule has 0 saturated heterocycles. The lowest BCUT2D eigenvalue weighted by molar-refractivity contribution is -0.161. The van der Waals surface area contributed by atoms with Crippen LogP contribution in [0.15, 0.2) is 85.1 Å². The largest absolute Gasteiger partial charge is 0.472 e. The maximum absolute atomic E-state index is 12.9. The van der Waals surface area contributed by atoms with Gasteiger partial charge in [-0.2, -0.15) is 0 Å². The third-order valence-electron chi connectivity index (χ3n) is 12.8. The number of esters is 3. The number of allylic oxidation sites excluding steroid dienone is 13. The van der Waals surface area contributed by atoms with E-state index in [-0.39, 0.29) is 25.9 Å². The Morgan fingerprint density at radius 3 is 1.14 bits per heavy atom. The van der Waals surface area contributed by atoms with Crippen LogP contribution in [0.4, 0.5) is 0 Å². The molecule has 0 aliphatic heterocycles. The molecule has 2 N–H and O–H groups in total. The Balaban J connectivity index is 4.80. The smallest absolute Gasteiger partial charge is 0.462 e. The van der Waals surface area contributed by atoms with Gasteiger partial charge in [0.1, 0.15) is 12.7 Å². The van der Waals surface area contributed by atoms with Gasteiger partial charge in [-0.05, 0) is 96.3 Å². The first kappa shape index (κ1) is 72.7. The molecule has 0 saturated carbocycles. The van der Waals surface area contributed by atoms with Crippen molar-refractivity contribution in [1.29, 1.82) is 0 Å². The van der Waals surface area contributed by atoms with Crippen molar-refractivity contribution in [3.63, 3.8) is 0 Å². The molecule has 438 valence electrons. The number of unbranched alkanes of at least 4 members (excludes halogenated alkanes) is 26. The van der Waals surface area contributed by atoms with Gasteiger partial charge in [-0.1, -0.05) is 234 Å². The van der Waals surface area contributed by atoms with Gasteiger partial charge in [-0.3, -0.25) is 23.4 Å². The first-order valence-electron chi connectivity index (χ1n) is 30.5. The van der Waals surface area contributed by atoms with Crippen LogP contribution in [0.5, 0.6) is 0 Å². The van der Waals surface area contributed by atoms with Crippen LogP contribution >= 0.6 is 7.82 Å². The summed E-state index contributed by atoms with van der Waals surface area (Å²) in [6.45, 7) is 4.43. The summed E-state index contributed by atoms with van der Waals surface area (Å²) in [5.74, 6) is -1.61. The Labute approximate surface area is 464 Å². The lowest BCUT2D eigenvalue weighted by Gasteiger charge is -2.21. The van der Waals surface area contributed by atoms with Gasteiger partial charge in [0, 0.05) is 12.8 Å². The van der Waals surface area contributed by atoms with E-state index in [0.717, 1.165) is 83.5 Å². The number of aliphatic hydroxyl groups excluding tert-OH is 1. The van der Waals surface area contributed by atoms with Crippen LogP contribution in [0.3, 0.4) is 0 Å². The fraction of sp³-hybridized carbons (Fsp3) is 0.734. The maximum Gasteiger partial charge on any atom is 0.472 e. The quantitative estimate of drug-likeness (QED) is 0.0197. The number of rotatable bonds is 56. The number of hydrogen-bond donors (Lipinski definition) is 2. The van der Waals surface area contributed by atoms with Gasteiger partial charge >= 0.3 is 25.7 Å². The van der Waals surface area contributed by atoms with Gasteiger partial charge in [0.25, 0.3) is 0 Å². The highest BCUT2D eigenvalue weighted by Gasteiger charge is 2.28.